The summed E-state index contributed by atoms with van der Waals surface area (Å²) in [6, 6.07) is 0.252. The van der Waals surface area contributed by atoms with Gasteiger partial charge in [0.25, 0.3) is 5.56 Å². The molecule has 7 heterocycles. The summed E-state index contributed by atoms with van der Waals surface area (Å²) in [5.41, 5.74) is 17.9. The molecule has 10 N–H and O–H groups in total. The number of anilines is 2. The van der Waals surface area contributed by atoms with Crippen LogP contribution in [-0.4, -0.2) is 98.7 Å². The molecule has 3 saturated heterocycles. The Balaban J connectivity index is 1.21. The van der Waals surface area contributed by atoms with Crippen molar-refractivity contribution in [2.75, 3.05) is 24.7 Å². The fourth-order valence-corrected chi connectivity index (χ4v) is 7.34. The van der Waals surface area contributed by atoms with Crippen LogP contribution in [0, 0.1) is 0 Å². The molecular weight excluding hydrogens is 646 g/mol. The minimum absolute atomic E-state index is 0.0694. The normalized spacial score (nSPS) is 37.7. The van der Waals surface area contributed by atoms with Crippen molar-refractivity contribution in [3.05, 3.63) is 35.3 Å². The van der Waals surface area contributed by atoms with Crippen molar-refractivity contribution in [2.24, 2.45) is 5.73 Å². The van der Waals surface area contributed by atoms with E-state index in [2.05, 4.69) is 24.9 Å². The molecule has 3 aliphatic rings. The Bertz CT molecular complexity index is 1940. The minimum atomic E-state index is -5.03. The highest BCUT2D eigenvalue weighted by Crippen LogP contribution is 2.53. The number of fused-ring (bicyclic) bond motifs is 5. The van der Waals surface area contributed by atoms with Crippen LogP contribution in [0.4, 0.5) is 11.6 Å². The van der Waals surface area contributed by atoms with E-state index in [-0.39, 0.29) is 22.8 Å². The fourth-order valence-electron chi connectivity index (χ4n) is 5.43. The molecule has 24 heteroatoms. The Morgan fingerprint density at radius 3 is 2.24 bits per heavy atom. The van der Waals surface area contributed by atoms with Crippen LogP contribution in [-0.2, 0) is 36.7 Å². The summed E-state index contributed by atoms with van der Waals surface area (Å²) < 4.78 is 61.8. The highest BCUT2D eigenvalue weighted by atomic mass is 31.2. The number of phosphoric ester groups is 2. The molecule has 3 aliphatic heterocycles. The number of hydrogen-bond donors (Lipinski definition) is 7. The zero-order chi connectivity index (χ0) is 31.8. The Labute approximate surface area is 250 Å². The minimum Gasteiger partial charge on any atom is -0.397 e. The third kappa shape index (κ3) is 5.33. The number of H-pyrrole nitrogens is 1. The summed E-state index contributed by atoms with van der Waals surface area (Å²) in [5.74, 6) is -0.250. The molecule has 0 radical (unpaired) electrons. The molecule has 2 bridgehead atoms. The topological polar surface area (TPSA) is 323 Å². The standard InChI is InChI=1S/C21H26N10O12P2/c22-7-1-2-25-16-11(7)26-5-30(16)19-13(32)14-9(41-19)4-39-45(36,37)43-15-10(23)8(3-38-44(34,35)42-14)40-20(15)31-6-27-12-17(31)28-21(24)29-18(12)33/h1-2,5-6,8-10,13-15,19-20,32H,3-4,23H2,(H2,22,25)(H,34,35)(H,36,37)(H3,24,28,29,33)/t8-,9-,10-,13-,14-,15-,19-,20?/m1/s1. The van der Waals surface area contributed by atoms with Gasteiger partial charge in [-0.05, 0) is 6.07 Å². The zero-order valence-electron chi connectivity index (χ0n) is 22.7. The molecule has 0 saturated carbocycles. The van der Waals surface area contributed by atoms with E-state index >= 15 is 0 Å². The molecule has 4 aromatic heterocycles. The van der Waals surface area contributed by atoms with E-state index in [4.69, 9.17) is 44.8 Å². The van der Waals surface area contributed by atoms with Crippen molar-refractivity contribution in [2.45, 2.75) is 49.0 Å². The number of nitrogens with zero attached hydrogens (tertiary/aromatic N) is 6. The van der Waals surface area contributed by atoms with E-state index in [1.54, 1.807) is 0 Å². The quantitative estimate of drug-likeness (QED) is 0.116. The lowest BCUT2D eigenvalue weighted by molar-refractivity contribution is -0.0670. The van der Waals surface area contributed by atoms with E-state index in [0.29, 0.717) is 11.2 Å². The van der Waals surface area contributed by atoms with Gasteiger partial charge in [0.05, 0.1) is 37.6 Å². The number of ether oxygens (including phenoxy) is 2. The van der Waals surface area contributed by atoms with E-state index in [1.165, 1.54) is 27.7 Å². The number of nitrogen functional groups attached to an aromatic ring is 2. The molecule has 4 aromatic rings. The molecule has 0 aliphatic carbocycles. The number of aliphatic hydroxyl groups excluding tert-OH is 1. The molecule has 3 fully saturated rings. The van der Waals surface area contributed by atoms with Gasteiger partial charge >= 0.3 is 15.6 Å². The summed E-state index contributed by atoms with van der Waals surface area (Å²) in [7, 11) is -10.0. The van der Waals surface area contributed by atoms with E-state index < -0.39 is 83.4 Å². The summed E-state index contributed by atoms with van der Waals surface area (Å²) in [4.78, 5) is 52.4. The van der Waals surface area contributed by atoms with Crippen LogP contribution in [0.3, 0.4) is 0 Å². The van der Waals surface area contributed by atoms with Gasteiger partial charge in [-0.2, -0.15) is 4.98 Å². The average molecular weight is 672 g/mol. The van der Waals surface area contributed by atoms with Gasteiger partial charge in [-0.25, -0.2) is 24.1 Å². The van der Waals surface area contributed by atoms with Crippen LogP contribution in [0.25, 0.3) is 22.3 Å². The summed E-state index contributed by atoms with van der Waals surface area (Å²) in [6.45, 7) is -1.47. The summed E-state index contributed by atoms with van der Waals surface area (Å²) in [5, 5.41) is 11.2. The number of aromatic nitrogens is 7. The van der Waals surface area contributed by atoms with Gasteiger partial charge in [0, 0.05) is 6.20 Å². The number of hydrogen-bond acceptors (Lipinski definition) is 17. The predicted molar refractivity (Wildman–Crippen MR) is 148 cm³/mol. The lowest BCUT2D eigenvalue weighted by atomic mass is 10.1. The largest absolute Gasteiger partial charge is 0.472 e. The first-order chi connectivity index (χ1) is 21.3. The van der Waals surface area contributed by atoms with Crippen LogP contribution in [0.2, 0.25) is 0 Å². The van der Waals surface area contributed by atoms with Gasteiger partial charge in [0.1, 0.15) is 36.0 Å². The predicted octanol–water partition coefficient (Wildman–Crippen LogP) is -1.77. The lowest BCUT2D eigenvalue weighted by Crippen LogP contribution is -2.42. The van der Waals surface area contributed by atoms with Crippen molar-refractivity contribution >= 4 is 49.6 Å². The van der Waals surface area contributed by atoms with Gasteiger partial charge in [-0.3, -0.25) is 37.0 Å². The maximum atomic E-state index is 13.2. The van der Waals surface area contributed by atoms with Crippen LogP contribution in [0.15, 0.2) is 29.7 Å². The second kappa shape index (κ2) is 10.9. The second-order valence-electron chi connectivity index (χ2n) is 10.4. The molecule has 45 heavy (non-hydrogen) atoms. The highest BCUT2D eigenvalue weighted by molar-refractivity contribution is 7.47. The van der Waals surface area contributed by atoms with E-state index in [9.17, 15) is 28.8 Å². The van der Waals surface area contributed by atoms with Crippen molar-refractivity contribution in [1.29, 1.82) is 0 Å². The first-order valence-electron chi connectivity index (χ1n) is 13.2. The van der Waals surface area contributed by atoms with Gasteiger partial charge in [0.2, 0.25) is 5.95 Å². The Kier molecular flexibility index (Phi) is 7.32. The maximum Gasteiger partial charge on any atom is 0.472 e. The van der Waals surface area contributed by atoms with Gasteiger partial charge in [-0.1, -0.05) is 0 Å². The Hall–Kier alpha value is -3.37. The average Bonchev–Trinajstić information content (AvgIpc) is 3.72. The van der Waals surface area contributed by atoms with Crippen molar-refractivity contribution in [1.82, 2.24) is 34.1 Å². The number of imidazole rings is 2. The van der Waals surface area contributed by atoms with Crippen LogP contribution < -0.4 is 22.8 Å². The number of rotatable bonds is 2. The summed E-state index contributed by atoms with van der Waals surface area (Å²) >= 11 is 0. The zero-order valence-corrected chi connectivity index (χ0v) is 24.5. The number of nitrogens with two attached hydrogens (primary N) is 3. The van der Waals surface area contributed by atoms with Crippen molar-refractivity contribution in [3.63, 3.8) is 0 Å². The Morgan fingerprint density at radius 2 is 1.51 bits per heavy atom. The van der Waals surface area contributed by atoms with Crippen molar-refractivity contribution < 1.29 is 51.6 Å². The van der Waals surface area contributed by atoms with Crippen LogP contribution in [0.5, 0.6) is 0 Å². The van der Waals surface area contributed by atoms with Gasteiger partial charge < -0.3 is 41.6 Å². The number of phosphoric acid groups is 2. The highest BCUT2D eigenvalue weighted by Gasteiger charge is 2.53. The molecule has 22 nitrogen and oxygen atoms in total. The molecule has 242 valence electrons. The first-order valence-corrected chi connectivity index (χ1v) is 16.2. The fraction of sp³-hybridized carbons (Fsp3) is 0.476. The lowest BCUT2D eigenvalue weighted by Gasteiger charge is -2.26. The number of nitrogens with one attached hydrogen (secondary N) is 1. The molecule has 0 aromatic carbocycles. The van der Waals surface area contributed by atoms with E-state index in [0.717, 1.165) is 6.33 Å². The Morgan fingerprint density at radius 1 is 0.889 bits per heavy atom. The molecular formula is C21H26N10O12P2. The summed E-state index contributed by atoms with van der Waals surface area (Å²) in [6.07, 6.45) is -6.29. The molecule has 7 rings (SSSR count). The van der Waals surface area contributed by atoms with E-state index in [1.807, 2.05) is 0 Å². The molecule has 10 atom stereocenters. The van der Waals surface area contributed by atoms with Crippen LogP contribution in [0.1, 0.15) is 12.5 Å². The SMILES string of the molecule is Nc1nc2c(ncn2C2O[C@@H]3COP(=O)(O)O[C@H]4[C@@H](O)[C@H](n5cnc6c(N)ccnc65)O[C@@H]4COP(=O)(O)O[C@@H]2[C@@H]3N)c(=O)[nH]1. The number of pyridine rings is 1. The second-order valence-corrected chi connectivity index (χ2v) is 13.2. The smallest absolute Gasteiger partial charge is 0.397 e. The maximum absolute atomic E-state index is 13.2. The van der Waals surface area contributed by atoms with Crippen molar-refractivity contribution in [3.8, 4) is 0 Å². The molecule has 0 amide bonds. The third-order valence-electron chi connectivity index (χ3n) is 7.52. The third-order valence-corrected chi connectivity index (χ3v) is 9.49. The van der Waals surface area contributed by atoms with Gasteiger partial charge in [0.15, 0.2) is 29.3 Å². The molecule has 0 spiro atoms. The monoisotopic (exact) mass is 672 g/mol. The number of aliphatic hydroxyl groups is 1. The number of aromatic amines is 1. The molecule has 3 unspecified atom stereocenters. The van der Waals surface area contributed by atoms with Gasteiger partial charge in [-0.15, -0.1) is 0 Å². The first kappa shape index (κ1) is 30.3. The van der Waals surface area contributed by atoms with Crippen LogP contribution >= 0.6 is 15.6 Å².